The molecule has 326 valence electrons. The highest BCUT2D eigenvalue weighted by molar-refractivity contribution is 6.28. The minimum Gasteiger partial charge on any atom is -0.497 e. The Labute approximate surface area is 383 Å². The molecule has 2 aromatic heterocycles. The van der Waals surface area contributed by atoms with Gasteiger partial charge in [0.15, 0.2) is 5.60 Å². The minimum absolute atomic E-state index is 0.0152. The van der Waals surface area contributed by atoms with Crippen LogP contribution in [0.25, 0.3) is 11.0 Å². The summed E-state index contributed by atoms with van der Waals surface area (Å²) in [6.07, 6.45) is 6.48. The van der Waals surface area contributed by atoms with Gasteiger partial charge >= 0.3 is 0 Å². The number of aliphatic hydroxyl groups is 1. The van der Waals surface area contributed by atoms with E-state index in [0.29, 0.717) is 28.4 Å². The molecule has 10 nitrogen and oxygen atoms in total. The number of anilines is 1. The molecule has 1 saturated heterocycles. The minimum atomic E-state index is -1.58. The van der Waals surface area contributed by atoms with E-state index in [1.807, 2.05) is 156 Å². The molecular weight excluding hydrogens is 836 g/mol. The Morgan fingerprint density at radius 1 is 0.677 bits per heavy atom. The first kappa shape index (κ1) is 43.1. The second-order valence-corrected chi connectivity index (χ2v) is 16.1. The number of hydrogen-bond acceptors (Lipinski definition) is 9. The van der Waals surface area contributed by atoms with Crippen LogP contribution in [0.15, 0.2) is 176 Å². The van der Waals surface area contributed by atoms with Crippen molar-refractivity contribution in [3.05, 3.63) is 215 Å². The molecule has 6 aromatic carbocycles. The van der Waals surface area contributed by atoms with Crippen LogP contribution in [0.5, 0.6) is 17.2 Å². The fourth-order valence-electron chi connectivity index (χ4n) is 8.96. The van der Waals surface area contributed by atoms with Gasteiger partial charge < -0.3 is 38.7 Å². The van der Waals surface area contributed by atoms with Gasteiger partial charge in [0.1, 0.15) is 52.2 Å². The number of aliphatic hydroxyl groups excluding tert-OH is 1. The Kier molecular flexibility index (Phi) is 12.1. The Hall–Kier alpha value is -7.13. The summed E-state index contributed by atoms with van der Waals surface area (Å²) in [5.41, 5.74) is 2.08. The van der Waals surface area contributed by atoms with Gasteiger partial charge in [-0.25, -0.2) is 4.98 Å². The number of methoxy groups -OCH3 is 3. The Morgan fingerprint density at radius 3 is 1.60 bits per heavy atom. The third kappa shape index (κ3) is 7.83. The molecule has 3 heterocycles. The lowest BCUT2D eigenvalue weighted by Crippen LogP contribution is -2.46. The fourth-order valence-corrected chi connectivity index (χ4v) is 9.12. The summed E-state index contributed by atoms with van der Waals surface area (Å²) in [7, 11) is 4.90. The van der Waals surface area contributed by atoms with Gasteiger partial charge in [0.25, 0.3) is 0 Å². The van der Waals surface area contributed by atoms with Gasteiger partial charge in [-0.05, 0) is 87.4 Å². The first-order chi connectivity index (χ1) is 31.8. The number of fused-ring (bicyclic) bond motifs is 1. The number of nitrogens with one attached hydrogen (secondary N) is 1. The van der Waals surface area contributed by atoms with Gasteiger partial charge in [-0.1, -0.05) is 133 Å². The lowest BCUT2D eigenvalue weighted by molar-refractivity contribution is -0.129. The molecule has 65 heavy (non-hydrogen) atoms. The van der Waals surface area contributed by atoms with Crippen LogP contribution in [0.4, 0.5) is 5.82 Å². The highest BCUT2D eigenvalue weighted by atomic mass is 35.5. The predicted molar refractivity (Wildman–Crippen MR) is 252 cm³/mol. The Morgan fingerprint density at radius 2 is 1.12 bits per heavy atom. The van der Waals surface area contributed by atoms with Crippen molar-refractivity contribution in [2.24, 2.45) is 0 Å². The van der Waals surface area contributed by atoms with Gasteiger partial charge in [-0.3, -0.25) is 0 Å². The molecular formula is C54H47ClN4O6. The zero-order chi connectivity index (χ0) is 45.0. The van der Waals surface area contributed by atoms with Crippen LogP contribution in [-0.2, 0) is 20.6 Å². The first-order valence-electron chi connectivity index (χ1n) is 21.2. The largest absolute Gasteiger partial charge is 0.497 e. The van der Waals surface area contributed by atoms with E-state index in [0.717, 1.165) is 39.1 Å². The van der Waals surface area contributed by atoms with Gasteiger partial charge in [0.05, 0.1) is 33.3 Å². The second-order valence-electron chi connectivity index (χ2n) is 15.8. The molecule has 0 amide bonds. The van der Waals surface area contributed by atoms with Crippen molar-refractivity contribution in [1.82, 2.24) is 14.5 Å². The number of ether oxygens (including phenoxy) is 5. The maximum atomic E-state index is 12.0. The number of rotatable bonds is 15. The van der Waals surface area contributed by atoms with Crippen LogP contribution in [0, 0.1) is 12.3 Å². The second kappa shape index (κ2) is 18.2. The van der Waals surface area contributed by atoms with Crippen molar-refractivity contribution in [2.45, 2.75) is 35.5 Å². The summed E-state index contributed by atoms with van der Waals surface area (Å²) in [4.78, 5) is 9.55. The van der Waals surface area contributed by atoms with E-state index in [1.54, 1.807) is 21.3 Å². The number of nitrogens with zero attached hydrogens (tertiary/aromatic N) is 3. The van der Waals surface area contributed by atoms with Crippen LogP contribution in [0.3, 0.4) is 0 Å². The molecule has 11 heteroatoms. The van der Waals surface area contributed by atoms with Gasteiger partial charge in [-0.2, -0.15) is 4.98 Å². The van der Waals surface area contributed by atoms with Crippen molar-refractivity contribution >= 4 is 28.5 Å². The quantitative estimate of drug-likeness (QED) is 0.0591. The molecule has 8 aromatic rings. The fraction of sp³-hybridized carbons (Fsp3) is 0.185. The van der Waals surface area contributed by atoms with E-state index < -0.39 is 29.1 Å². The number of aromatic nitrogens is 3. The highest BCUT2D eigenvalue weighted by Gasteiger charge is 2.51. The van der Waals surface area contributed by atoms with E-state index in [4.69, 9.17) is 51.7 Å². The summed E-state index contributed by atoms with van der Waals surface area (Å²) in [6, 6.07) is 55.6. The SMILES string of the molecule is C#C[C@]1(COC(c2ccccc2)(c2ccc(OC)cc2)c2ccc(OC)cc2)O[C@@H](n2ccc3c(NC(c4ccccc4)(c4ccccc4)c4ccc(OC)cc4)nc(Cl)nc32)C[C@@H]1O. The molecule has 1 aliphatic heterocycles. The summed E-state index contributed by atoms with van der Waals surface area (Å²) in [5, 5.41) is 16.6. The van der Waals surface area contributed by atoms with E-state index in [1.165, 1.54) is 0 Å². The van der Waals surface area contributed by atoms with E-state index in [2.05, 4.69) is 35.5 Å². The third-order valence-electron chi connectivity index (χ3n) is 12.3. The summed E-state index contributed by atoms with van der Waals surface area (Å²) in [6.45, 7) is -0.186. The maximum absolute atomic E-state index is 12.0. The van der Waals surface area contributed by atoms with Crippen LogP contribution in [-0.4, -0.2) is 59.3 Å². The third-order valence-corrected chi connectivity index (χ3v) is 12.5. The Balaban J connectivity index is 1.11. The van der Waals surface area contributed by atoms with Gasteiger partial charge in [0.2, 0.25) is 5.28 Å². The molecule has 0 radical (unpaired) electrons. The lowest BCUT2D eigenvalue weighted by Gasteiger charge is -2.39. The maximum Gasteiger partial charge on any atom is 0.226 e. The summed E-state index contributed by atoms with van der Waals surface area (Å²) < 4.78 is 32.5. The number of benzene rings is 6. The molecule has 0 saturated carbocycles. The Bertz CT molecular complexity index is 2820. The average molecular weight is 883 g/mol. The van der Waals surface area contributed by atoms with Crippen LogP contribution < -0.4 is 19.5 Å². The summed E-state index contributed by atoms with van der Waals surface area (Å²) >= 11 is 6.84. The van der Waals surface area contributed by atoms with Crippen molar-refractivity contribution < 1.29 is 28.8 Å². The molecule has 3 atom stereocenters. The van der Waals surface area contributed by atoms with Crippen molar-refractivity contribution in [1.29, 1.82) is 0 Å². The topological polar surface area (TPSA) is 109 Å². The van der Waals surface area contributed by atoms with Crippen molar-refractivity contribution in [2.75, 3.05) is 33.3 Å². The van der Waals surface area contributed by atoms with Gasteiger partial charge in [-0.15, -0.1) is 6.42 Å². The number of halogens is 1. The molecule has 1 aliphatic rings. The van der Waals surface area contributed by atoms with Gasteiger partial charge in [0, 0.05) is 12.6 Å². The number of terminal acetylenes is 1. The standard InChI is InChI=1S/C54H47ClN4O6/c1-5-52(36-64-54(40-19-13-8-14-20-40,41-23-29-44(62-3)30-24-41)42-25-31-45(63-4)32-26-42)47(60)35-48(65-52)59-34-33-46-49(56-51(55)57-50(46)59)58-53(37-15-9-6-10-16-37,38-17-11-7-12-18-38)39-21-27-43(61-2)28-22-39/h1,6-34,47-48,60H,35-36H2,2-4H3,(H,56,57,58)/t47-,48+,52+/m0/s1. The van der Waals surface area contributed by atoms with Crippen LogP contribution in [0.2, 0.25) is 5.28 Å². The van der Waals surface area contributed by atoms with Crippen molar-refractivity contribution in [3.63, 3.8) is 0 Å². The molecule has 2 N–H and O–H groups in total. The molecule has 0 bridgehead atoms. The zero-order valence-electron chi connectivity index (χ0n) is 36.1. The van der Waals surface area contributed by atoms with Crippen molar-refractivity contribution in [3.8, 4) is 29.6 Å². The highest BCUT2D eigenvalue weighted by Crippen LogP contribution is 2.47. The van der Waals surface area contributed by atoms with Crippen LogP contribution in [0.1, 0.15) is 46.0 Å². The monoisotopic (exact) mass is 882 g/mol. The molecule has 9 rings (SSSR count). The normalized spacial score (nSPS) is 17.4. The number of hydrogen-bond donors (Lipinski definition) is 2. The molecule has 0 unspecified atom stereocenters. The van der Waals surface area contributed by atoms with E-state index >= 15 is 0 Å². The van der Waals surface area contributed by atoms with Crippen LogP contribution >= 0.6 is 11.6 Å². The molecule has 0 aliphatic carbocycles. The van der Waals surface area contributed by atoms with E-state index in [-0.39, 0.29) is 18.3 Å². The molecule has 0 spiro atoms. The predicted octanol–water partition coefficient (Wildman–Crippen LogP) is 10.2. The van der Waals surface area contributed by atoms with E-state index in [9.17, 15) is 5.11 Å². The lowest BCUT2D eigenvalue weighted by atomic mass is 9.77. The molecule has 1 fully saturated rings. The smallest absolute Gasteiger partial charge is 0.226 e. The zero-order valence-corrected chi connectivity index (χ0v) is 36.9. The first-order valence-corrected chi connectivity index (χ1v) is 21.5. The average Bonchev–Trinajstić information content (AvgIpc) is 3.95. The summed E-state index contributed by atoms with van der Waals surface area (Å²) in [5.74, 6) is 5.41.